The fraction of sp³-hybridized carbons (Fsp3) is 0.500. The Labute approximate surface area is 119 Å². The number of rotatable bonds is 5. The first-order valence-electron chi connectivity index (χ1n) is 6.49. The zero-order valence-electron chi connectivity index (χ0n) is 11.9. The molecule has 1 aromatic heterocycles. The number of methoxy groups -OCH3 is 1. The molecule has 19 heavy (non-hydrogen) atoms. The van der Waals surface area contributed by atoms with Gasteiger partial charge in [0.15, 0.2) is 4.77 Å². The predicted molar refractivity (Wildman–Crippen MR) is 81.4 cm³/mol. The third-order valence-corrected chi connectivity index (χ3v) is 3.86. The second-order valence-electron chi connectivity index (χ2n) is 5.04. The zero-order chi connectivity index (χ0) is 14.0. The highest BCUT2D eigenvalue weighted by atomic mass is 32.1. The average Bonchev–Trinajstić information content (AvgIpc) is 2.70. The largest absolute Gasteiger partial charge is 0.497 e. The van der Waals surface area contributed by atoms with Gasteiger partial charge in [-0.2, -0.15) is 0 Å². The molecule has 0 saturated carbocycles. The predicted octanol–water partition coefficient (Wildman–Crippen LogP) is 3.05. The molecule has 0 bridgehead atoms. The third-order valence-electron chi connectivity index (χ3n) is 3.54. The van der Waals surface area contributed by atoms with Gasteiger partial charge in [-0.3, -0.25) is 0 Å². The minimum Gasteiger partial charge on any atom is -0.497 e. The Balaban J connectivity index is 2.31. The lowest BCUT2D eigenvalue weighted by Crippen LogP contribution is -2.29. The Hall–Kier alpha value is -1.33. The summed E-state index contributed by atoms with van der Waals surface area (Å²) in [6, 6.07) is 6.51. The van der Waals surface area contributed by atoms with Gasteiger partial charge in [0.25, 0.3) is 0 Å². The Kier molecular flexibility index (Phi) is 4.27. The highest BCUT2D eigenvalue weighted by molar-refractivity contribution is 7.71. The van der Waals surface area contributed by atoms with Crippen molar-refractivity contribution >= 4 is 23.3 Å². The minimum absolute atomic E-state index is 0.536. The van der Waals surface area contributed by atoms with E-state index in [1.165, 1.54) is 0 Å². The first-order valence-corrected chi connectivity index (χ1v) is 6.90. The van der Waals surface area contributed by atoms with E-state index in [0.717, 1.165) is 34.6 Å². The SMILES string of the molecule is COc1ccc2[nH]c(=S)n(CCN(C)C(C)C)c2c1. The maximum atomic E-state index is 5.40. The molecule has 0 aliphatic rings. The van der Waals surface area contributed by atoms with Crippen LogP contribution in [0, 0.1) is 4.77 Å². The summed E-state index contributed by atoms with van der Waals surface area (Å²) >= 11 is 5.40. The van der Waals surface area contributed by atoms with E-state index in [1.807, 2.05) is 18.2 Å². The molecule has 1 N–H and O–H groups in total. The van der Waals surface area contributed by atoms with E-state index in [2.05, 4.69) is 35.3 Å². The highest BCUT2D eigenvalue weighted by Crippen LogP contribution is 2.20. The van der Waals surface area contributed by atoms with Crippen LogP contribution >= 0.6 is 12.2 Å². The molecule has 1 heterocycles. The summed E-state index contributed by atoms with van der Waals surface area (Å²) in [5.74, 6) is 0.854. The third kappa shape index (κ3) is 2.98. The van der Waals surface area contributed by atoms with Crippen LogP contribution in [0.3, 0.4) is 0 Å². The molecule has 0 aliphatic heterocycles. The minimum atomic E-state index is 0.536. The zero-order valence-corrected chi connectivity index (χ0v) is 12.8. The highest BCUT2D eigenvalue weighted by Gasteiger charge is 2.08. The molecule has 0 unspecified atom stereocenters. The quantitative estimate of drug-likeness (QED) is 0.854. The van der Waals surface area contributed by atoms with E-state index in [1.54, 1.807) is 7.11 Å². The van der Waals surface area contributed by atoms with Gasteiger partial charge < -0.3 is 19.2 Å². The normalized spacial score (nSPS) is 11.7. The maximum Gasteiger partial charge on any atom is 0.178 e. The number of aromatic nitrogens is 2. The van der Waals surface area contributed by atoms with Crippen LogP contribution in [0.5, 0.6) is 5.75 Å². The molecule has 0 atom stereocenters. The number of ether oxygens (including phenoxy) is 1. The number of likely N-dealkylation sites (N-methyl/N-ethyl adjacent to an activating group) is 1. The summed E-state index contributed by atoms with van der Waals surface area (Å²) in [7, 11) is 3.81. The van der Waals surface area contributed by atoms with Crippen molar-refractivity contribution in [2.24, 2.45) is 0 Å². The summed E-state index contributed by atoms with van der Waals surface area (Å²) in [4.78, 5) is 5.54. The molecule has 104 valence electrons. The summed E-state index contributed by atoms with van der Waals surface area (Å²) in [6.45, 7) is 6.23. The van der Waals surface area contributed by atoms with Crippen LogP contribution < -0.4 is 4.74 Å². The van der Waals surface area contributed by atoms with Crippen LogP contribution in [-0.4, -0.2) is 41.2 Å². The number of nitrogens with zero attached hydrogens (tertiary/aromatic N) is 2. The second kappa shape index (κ2) is 5.75. The lowest BCUT2D eigenvalue weighted by atomic mass is 10.3. The van der Waals surface area contributed by atoms with E-state index < -0.39 is 0 Å². The van der Waals surface area contributed by atoms with Crippen LogP contribution in [-0.2, 0) is 6.54 Å². The van der Waals surface area contributed by atoms with Gasteiger partial charge >= 0.3 is 0 Å². The van der Waals surface area contributed by atoms with Gasteiger partial charge in [0.05, 0.1) is 18.1 Å². The summed E-state index contributed by atoms with van der Waals surface area (Å²) in [6.07, 6.45) is 0. The number of H-pyrrole nitrogens is 1. The number of fused-ring (bicyclic) bond motifs is 1. The fourth-order valence-corrected chi connectivity index (χ4v) is 2.30. The Morgan fingerprint density at radius 2 is 2.16 bits per heavy atom. The average molecular weight is 279 g/mol. The monoisotopic (exact) mass is 279 g/mol. The topological polar surface area (TPSA) is 33.2 Å². The van der Waals surface area contributed by atoms with Crippen LogP contribution in [0.4, 0.5) is 0 Å². The van der Waals surface area contributed by atoms with E-state index in [4.69, 9.17) is 17.0 Å². The van der Waals surface area contributed by atoms with Crippen molar-refractivity contribution in [3.63, 3.8) is 0 Å². The first kappa shape index (κ1) is 14.1. The number of nitrogens with one attached hydrogen (secondary N) is 1. The smallest absolute Gasteiger partial charge is 0.178 e. The first-order chi connectivity index (χ1) is 9.02. The maximum absolute atomic E-state index is 5.40. The lowest BCUT2D eigenvalue weighted by molar-refractivity contribution is 0.263. The molecular weight excluding hydrogens is 258 g/mol. The van der Waals surface area contributed by atoms with Crippen molar-refractivity contribution in [3.05, 3.63) is 23.0 Å². The van der Waals surface area contributed by atoms with Crippen molar-refractivity contribution in [2.45, 2.75) is 26.4 Å². The van der Waals surface area contributed by atoms with E-state index in [9.17, 15) is 0 Å². The van der Waals surface area contributed by atoms with E-state index in [0.29, 0.717) is 6.04 Å². The Morgan fingerprint density at radius 3 is 2.79 bits per heavy atom. The molecule has 0 aliphatic carbocycles. The van der Waals surface area contributed by atoms with E-state index >= 15 is 0 Å². The van der Waals surface area contributed by atoms with Crippen molar-refractivity contribution in [1.29, 1.82) is 0 Å². The van der Waals surface area contributed by atoms with Gasteiger partial charge in [0, 0.05) is 25.2 Å². The molecule has 0 spiro atoms. The van der Waals surface area contributed by atoms with Gasteiger partial charge in [0.1, 0.15) is 5.75 Å². The summed E-state index contributed by atoms with van der Waals surface area (Å²) < 4.78 is 8.17. The van der Waals surface area contributed by atoms with Gasteiger partial charge in [-0.15, -0.1) is 0 Å². The molecule has 0 saturated heterocycles. The summed E-state index contributed by atoms with van der Waals surface area (Å²) in [5, 5.41) is 0. The van der Waals surface area contributed by atoms with Crippen molar-refractivity contribution < 1.29 is 4.74 Å². The van der Waals surface area contributed by atoms with Gasteiger partial charge in [-0.25, -0.2) is 0 Å². The molecular formula is C14H21N3OS. The number of benzene rings is 1. The van der Waals surface area contributed by atoms with Crippen molar-refractivity contribution in [2.75, 3.05) is 20.7 Å². The van der Waals surface area contributed by atoms with Gasteiger partial charge in [-0.1, -0.05) is 0 Å². The van der Waals surface area contributed by atoms with Crippen LogP contribution in [0.25, 0.3) is 11.0 Å². The Morgan fingerprint density at radius 1 is 1.42 bits per heavy atom. The number of hydrogen-bond acceptors (Lipinski definition) is 3. The molecule has 2 aromatic rings. The van der Waals surface area contributed by atoms with Crippen LogP contribution in [0.15, 0.2) is 18.2 Å². The van der Waals surface area contributed by atoms with Gasteiger partial charge in [0.2, 0.25) is 0 Å². The van der Waals surface area contributed by atoms with E-state index in [-0.39, 0.29) is 0 Å². The molecule has 0 amide bonds. The molecule has 0 fully saturated rings. The van der Waals surface area contributed by atoms with Crippen LogP contribution in [0.2, 0.25) is 0 Å². The molecule has 0 radical (unpaired) electrons. The number of imidazole rings is 1. The van der Waals surface area contributed by atoms with Crippen LogP contribution in [0.1, 0.15) is 13.8 Å². The van der Waals surface area contributed by atoms with Crippen molar-refractivity contribution in [1.82, 2.24) is 14.5 Å². The molecule has 1 aromatic carbocycles. The summed E-state index contributed by atoms with van der Waals surface area (Å²) in [5.41, 5.74) is 2.15. The molecule has 2 rings (SSSR count). The van der Waals surface area contributed by atoms with Gasteiger partial charge in [-0.05, 0) is 45.2 Å². The standard InChI is InChI=1S/C14H21N3OS/c1-10(2)16(3)7-8-17-13-9-11(18-4)5-6-12(13)15-14(17)19/h5-6,9-10H,7-8H2,1-4H3,(H,15,19). The Bertz CT molecular complexity index is 615. The van der Waals surface area contributed by atoms with Crippen molar-refractivity contribution in [3.8, 4) is 5.75 Å². The number of hydrogen-bond donors (Lipinski definition) is 1. The number of aromatic amines is 1. The molecule has 4 nitrogen and oxygen atoms in total. The molecule has 5 heteroatoms. The lowest BCUT2D eigenvalue weighted by Gasteiger charge is -2.21. The fourth-order valence-electron chi connectivity index (χ4n) is 2.00. The second-order valence-corrected chi connectivity index (χ2v) is 5.43.